The fourth-order valence-corrected chi connectivity index (χ4v) is 2.12. The molecule has 3 rings (SSSR count). The molecular weight excluding hydrogens is 266 g/mol. The molecular formula is C16H15N3O2. The monoisotopic (exact) mass is 281 g/mol. The summed E-state index contributed by atoms with van der Waals surface area (Å²) in [6, 6.07) is 9.51. The summed E-state index contributed by atoms with van der Waals surface area (Å²) in [6.45, 7) is 0. The minimum atomic E-state index is 0.710. The van der Waals surface area contributed by atoms with Crippen LogP contribution >= 0.6 is 0 Å². The molecule has 5 heteroatoms. The molecule has 0 fully saturated rings. The Morgan fingerprint density at radius 2 is 1.95 bits per heavy atom. The third-order valence-corrected chi connectivity index (χ3v) is 3.21. The van der Waals surface area contributed by atoms with Crippen molar-refractivity contribution in [1.29, 1.82) is 0 Å². The van der Waals surface area contributed by atoms with Crippen molar-refractivity contribution in [3.8, 4) is 34.1 Å². The van der Waals surface area contributed by atoms with Crippen molar-refractivity contribution < 1.29 is 9.47 Å². The topological polar surface area (TPSA) is 60.0 Å². The molecule has 5 nitrogen and oxygen atoms in total. The predicted molar refractivity (Wildman–Crippen MR) is 80.4 cm³/mol. The summed E-state index contributed by atoms with van der Waals surface area (Å²) in [4.78, 5) is 11.8. The molecule has 0 radical (unpaired) electrons. The summed E-state index contributed by atoms with van der Waals surface area (Å²) in [5.74, 6) is 2.20. The van der Waals surface area contributed by atoms with E-state index < -0.39 is 0 Å². The van der Waals surface area contributed by atoms with Gasteiger partial charge in [-0.05, 0) is 24.3 Å². The zero-order valence-electron chi connectivity index (χ0n) is 11.8. The number of hydrogen-bond acceptors (Lipinski definition) is 4. The Balaban J connectivity index is 2.00. The van der Waals surface area contributed by atoms with E-state index in [0.29, 0.717) is 5.75 Å². The highest BCUT2D eigenvalue weighted by Gasteiger charge is 2.11. The number of H-pyrrole nitrogens is 1. The first kappa shape index (κ1) is 13.2. The molecule has 0 saturated heterocycles. The average molecular weight is 281 g/mol. The van der Waals surface area contributed by atoms with E-state index in [0.717, 1.165) is 28.4 Å². The van der Waals surface area contributed by atoms with Gasteiger partial charge in [0.05, 0.1) is 31.7 Å². The molecule has 0 unspecified atom stereocenters. The normalized spacial score (nSPS) is 10.4. The summed E-state index contributed by atoms with van der Waals surface area (Å²) in [5, 5.41) is 0. The minimum Gasteiger partial charge on any atom is -0.497 e. The van der Waals surface area contributed by atoms with Gasteiger partial charge in [0.25, 0.3) is 0 Å². The Labute approximate surface area is 122 Å². The third-order valence-electron chi connectivity index (χ3n) is 3.21. The number of aromatic nitrogens is 3. The zero-order valence-corrected chi connectivity index (χ0v) is 11.8. The van der Waals surface area contributed by atoms with Crippen LogP contribution in [0.1, 0.15) is 0 Å². The Hall–Kier alpha value is -2.82. The molecule has 106 valence electrons. The lowest BCUT2D eigenvalue weighted by Gasteiger charge is -2.08. The van der Waals surface area contributed by atoms with Gasteiger partial charge in [-0.15, -0.1) is 0 Å². The maximum Gasteiger partial charge on any atom is 0.141 e. The number of aromatic amines is 1. The van der Waals surface area contributed by atoms with E-state index in [1.807, 2.05) is 30.3 Å². The van der Waals surface area contributed by atoms with Crippen LogP contribution in [0.15, 0.2) is 48.9 Å². The van der Waals surface area contributed by atoms with Crippen LogP contribution in [-0.4, -0.2) is 29.2 Å². The van der Waals surface area contributed by atoms with Crippen molar-refractivity contribution in [3.63, 3.8) is 0 Å². The Kier molecular flexibility index (Phi) is 3.55. The smallest absolute Gasteiger partial charge is 0.141 e. The summed E-state index contributed by atoms with van der Waals surface area (Å²) in [6.07, 6.45) is 5.33. The summed E-state index contributed by atoms with van der Waals surface area (Å²) >= 11 is 0. The average Bonchev–Trinajstić information content (AvgIpc) is 3.04. The molecule has 0 aliphatic carbocycles. The van der Waals surface area contributed by atoms with Gasteiger partial charge in [0.1, 0.15) is 17.3 Å². The van der Waals surface area contributed by atoms with Crippen molar-refractivity contribution in [3.05, 3.63) is 48.9 Å². The Bertz CT molecular complexity index is 738. The highest BCUT2D eigenvalue weighted by atomic mass is 16.5. The number of methoxy groups -OCH3 is 2. The van der Waals surface area contributed by atoms with Crippen LogP contribution in [0.5, 0.6) is 11.5 Å². The molecule has 0 amide bonds. The lowest BCUT2D eigenvalue weighted by molar-refractivity contribution is 0.395. The van der Waals surface area contributed by atoms with E-state index in [-0.39, 0.29) is 0 Å². The van der Waals surface area contributed by atoms with Crippen LogP contribution in [-0.2, 0) is 0 Å². The molecule has 1 N–H and O–H groups in total. The standard InChI is InChI=1S/C16H15N3O2/c1-20-12-5-6-13(15(8-12)21-2)16-18-10-14(19-16)11-4-3-7-17-9-11/h3-10H,1-2H3,(H,18,19). The van der Waals surface area contributed by atoms with Crippen molar-refractivity contribution >= 4 is 0 Å². The quantitative estimate of drug-likeness (QED) is 0.798. The molecule has 3 aromatic rings. The van der Waals surface area contributed by atoms with E-state index in [4.69, 9.17) is 9.47 Å². The summed E-state index contributed by atoms with van der Waals surface area (Å²) in [7, 11) is 3.26. The Morgan fingerprint density at radius 3 is 2.67 bits per heavy atom. The van der Waals surface area contributed by atoms with Gasteiger partial charge in [-0.2, -0.15) is 0 Å². The largest absolute Gasteiger partial charge is 0.497 e. The molecule has 2 heterocycles. The van der Waals surface area contributed by atoms with Crippen LogP contribution < -0.4 is 9.47 Å². The van der Waals surface area contributed by atoms with Gasteiger partial charge >= 0.3 is 0 Å². The first-order valence-electron chi connectivity index (χ1n) is 6.49. The molecule has 0 aliphatic heterocycles. The second-order valence-electron chi connectivity index (χ2n) is 4.45. The first-order chi connectivity index (χ1) is 10.3. The molecule has 1 aromatic carbocycles. The van der Waals surface area contributed by atoms with Crippen LogP contribution in [0.3, 0.4) is 0 Å². The van der Waals surface area contributed by atoms with Gasteiger partial charge in [0, 0.05) is 24.0 Å². The lowest BCUT2D eigenvalue weighted by Crippen LogP contribution is -1.91. The van der Waals surface area contributed by atoms with Crippen molar-refractivity contribution in [2.75, 3.05) is 14.2 Å². The molecule has 0 spiro atoms. The Morgan fingerprint density at radius 1 is 1.05 bits per heavy atom. The number of ether oxygens (including phenoxy) is 2. The maximum absolute atomic E-state index is 5.40. The van der Waals surface area contributed by atoms with E-state index in [9.17, 15) is 0 Å². The maximum atomic E-state index is 5.40. The molecule has 21 heavy (non-hydrogen) atoms. The molecule has 2 aromatic heterocycles. The van der Waals surface area contributed by atoms with Gasteiger partial charge in [0.15, 0.2) is 0 Å². The van der Waals surface area contributed by atoms with Crippen molar-refractivity contribution in [2.45, 2.75) is 0 Å². The van der Waals surface area contributed by atoms with Gasteiger partial charge in [-0.1, -0.05) is 0 Å². The van der Waals surface area contributed by atoms with Gasteiger partial charge in [-0.25, -0.2) is 4.98 Å². The number of hydrogen-bond donors (Lipinski definition) is 1. The molecule has 0 saturated carbocycles. The number of imidazole rings is 1. The number of rotatable bonds is 4. The second-order valence-corrected chi connectivity index (χ2v) is 4.45. The van der Waals surface area contributed by atoms with Gasteiger partial charge < -0.3 is 14.5 Å². The zero-order chi connectivity index (χ0) is 14.7. The number of benzene rings is 1. The van der Waals surface area contributed by atoms with Crippen LogP contribution in [0.2, 0.25) is 0 Å². The van der Waals surface area contributed by atoms with Crippen LogP contribution in [0, 0.1) is 0 Å². The van der Waals surface area contributed by atoms with Gasteiger partial charge in [0.2, 0.25) is 0 Å². The molecule has 0 aliphatic rings. The SMILES string of the molecule is COc1ccc(-c2ncc(-c3cccnc3)[nH]2)c(OC)c1. The van der Waals surface area contributed by atoms with Crippen LogP contribution in [0.4, 0.5) is 0 Å². The number of nitrogens with one attached hydrogen (secondary N) is 1. The fraction of sp³-hybridized carbons (Fsp3) is 0.125. The predicted octanol–water partition coefficient (Wildman–Crippen LogP) is 3.16. The molecule has 0 bridgehead atoms. The lowest BCUT2D eigenvalue weighted by atomic mass is 10.2. The summed E-state index contributed by atoms with van der Waals surface area (Å²) in [5.41, 5.74) is 2.79. The molecule has 0 atom stereocenters. The van der Waals surface area contributed by atoms with E-state index >= 15 is 0 Å². The van der Waals surface area contributed by atoms with Crippen molar-refractivity contribution in [1.82, 2.24) is 15.0 Å². The fourth-order valence-electron chi connectivity index (χ4n) is 2.12. The summed E-state index contributed by atoms with van der Waals surface area (Å²) < 4.78 is 10.6. The minimum absolute atomic E-state index is 0.710. The second kappa shape index (κ2) is 5.66. The first-order valence-corrected chi connectivity index (χ1v) is 6.49. The highest BCUT2D eigenvalue weighted by Crippen LogP contribution is 2.32. The van der Waals surface area contributed by atoms with E-state index in [1.165, 1.54) is 0 Å². The number of nitrogens with zero attached hydrogens (tertiary/aromatic N) is 2. The van der Waals surface area contributed by atoms with Gasteiger partial charge in [-0.3, -0.25) is 4.98 Å². The number of pyridine rings is 1. The van der Waals surface area contributed by atoms with Crippen LogP contribution in [0.25, 0.3) is 22.6 Å². The highest BCUT2D eigenvalue weighted by molar-refractivity contribution is 5.69. The van der Waals surface area contributed by atoms with Crippen molar-refractivity contribution in [2.24, 2.45) is 0 Å². The third kappa shape index (κ3) is 2.58. The van der Waals surface area contributed by atoms with E-state index in [1.54, 1.807) is 32.8 Å². The van der Waals surface area contributed by atoms with E-state index in [2.05, 4.69) is 15.0 Å².